The highest BCUT2D eigenvalue weighted by molar-refractivity contribution is 9.10. The van der Waals surface area contributed by atoms with Crippen molar-refractivity contribution in [3.63, 3.8) is 0 Å². The average Bonchev–Trinajstić information content (AvgIpc) is 2.52. The lowest BCUT2D eigenvalue weighted by Gasteiger charge is -2.11. The van der Waals surface area contributed by atoms with Crippen LogP contribution in [0.15, 0.2) is 56.1 Å². The molecule has 3 aromatic rings. The van der Waals surface area contributed by atoms with Crippen molar-refractivity contribution in [2.75, 3.05) is 6.61 Å². The van der Waals surface area contributed by atoms with Gasteiger partial charge in [0, 0.05) is 16.1 Å². The minimum atomic E-state index is -0.400. The predicted octanol–water partition coefficient (Wildman–Crippen LogP) is 4.43. The lowest BCUT2D eigenvalue weighted by atomic mass is 10.1. The van der Waals surface area contributed by atoms with E-state index in [1.165, 1.54) is 6.07 Å². The molecule has 5 heteroatoms. The van der Waals surface area contributed by atoms with E-state index in [9.17, 15) is 9.59 Å². The molecule has 0 aliphatic rings. The van der Waals surface area contributed by atoms with Gasteiger partial charge in [0.15, 0.2) is 12.4 Å². The summed E-state index contributed by atoms with van der Waals surface area (Å²) in [5.74, 6) is 0.420. The zero-order chi connectivity index (χ0) is 17.3. The molecule has 0 bridgehead atoms. The minimum Gasteiger partial charge on any atom is -0.485 e. The molecule has 1 heterocycles. The van der Waals surface area contributed by atoms with E-state index in [1.807, 2.05) is 32.0 Å². The summed E-state index contributed by atoms with van der Waals surface area (Å²) in [6, 6.07) is 12.2. The third kappa shape index (κ3) is 3.41. The van der Waals surface area contributed by atoms with Gasteiger partial charge >= 0.3 is 5.63 Å². The number of hydrogen-bond acceptors (Lipinski definition) is 4. The number of rotatable bonds is 4. The Kier molecular flexibility index (Phi) is 4.53. The molecule has 0 aliphatic carbocycles. The second-order valence-corrected chi connectivity index (χ2v) is 6.52. The summed E-state index contributed by atoms with van der Waals surface area (Å²) in [6.07, 6.45) is 0. The van der Waals surface area contributed by atoms with Gasteiger partial charge in [0.2, 0.25) is 0 Å². The van der Waals surface area contributed by atoms with Crippen LogP contribution in [0.1, 0.15) is 21.5 Å². The molecule has 0 atom stereocenters. The fraction of sp³-hybridized carbons (Fsp3) is 0.158. The summed E-state index contributed by atoms with van der Waals surface area (Å²) in [5, 5.41) is 0.712. The van der Waals surface area contributed by atoms with Crippen LogP contribution in [0.5, 0.6) is 5.75 Å². The van der Waals surface area contributed by atoms with Crippen molar-refractivity contribution in [1.82, 2.24) is 0 Å². The van der Waals surface area contributed by atoms with Crippen molar-refractivity contribution in [2.45, 2.75) is 13.8 Å². The van der Waals surface area contributed by atoms with Crippen molar-refractivity contribution >= 4 is 32.7 Å². The molecule has 2 aromatic carbocycles. The van der Waals surface area contributed by atoms with Crippen LogP contribution in [0.2, 0.25) is 0 Å². The molecule has 3 rings (SSSR count). The molecule has 0 radical (unpaired) electrons. The zero-order valence-corrected chi connectivity index (χ0v) is 14.8. The van der Waals surface area contributed by atoms with Gasteiger partial charge < -0.3 is 9.15 Å². The molecule has 24 heavy (non-hydrogen) atoms. The molecule has 0 fully saturated rings. The first-order chi connectivity index (χ1) is 11.4. The summed E-state index contributed by atoms with van der Waals surface area (Å²) in [6.45, 7) is 3.61. The summed E-state index contributed by atoms with van der Waals surface area (Å²) in [4.78, 5) is 23.8. The number of halogens is 1. The van der Waals surface area contributed by atoms with Gasteiger partial charge in [-0.1, -0.05) is 28.1 Å². The largest absolute Gasteiger partial charge is 0.485 e. The van der Waals surface area contributed by atoms with Crippen LogP contribution < -0.4 is 10.4 Å². The lowest BCUT2D eigenvalue weighted by Crippen LogP contribution is -2.12. The van der Waals surface area contributed by atoms with Gasteiger partial charge in [-0.25, -0.2) is 4.79 Å². The normalized spacial score (nSPS) is 10.8. The second kappa shape index (κ2) is 6.61. The number of Topliss-reactive ketones (excluding diaryl/α,β-unsaturated/α-hetero) is 1. The highest BCUT2D eigenvalue weighted by Crippen LogP contribution is 2.29. The van der Waals surface area contributed by atoms with Crippen molar-refractivity contribution in [3.05, 3.63) is 74.0 Å². The third-order valence-corrected chi connectivity index (χ3v) is 4.20. The van der Waals surface area contributed by atoms with Crippen LogP contribution in [0.4, 0.5) is 0 Å². The summed E-state index contributed by atoms with van der Waals surface area (Å²) < 4.78 is 11.9. The first-order valence-electron chi connectivity index (χ1n) is 7.41. The van der Waals surface area contributed by atoms with Crippen LogP contribution in [0.25, 0.3) is 11.0 Å². The van der Waals surface area contributed by atoms with Crippen LogP contribution in [-0.2, 0) is 0 Å². The highest BCUT2D eigenvalue weighted by Gasteiger charge is 2.12. The third-order valence-electron chi connectivity index (χ3n) is 3.67. The fourth-order valence-electron chi connectivity index (χ4n) is 2.55. The first-order valence-corrected chi connectivity index (χ1v) is 8.20. The van der Waals surface area contributed by atoms with E-state index in [0.29, 0.717) is 22.3 Å². The van der Waals surface area contributed by atoms with Crippen molar-refractivity contribution in [2.24, 2.45) is 0 Å². The van der Waals surface area contributed by atoms with Crippen molar-refractivity contribution < 1.29 is 13.9 Å². The predicted molar refractivity (Wildman–Crippen MR) is 95.9 cm³/mol. The van der Waals surface area contributed by atoms with Gasteiger partial charge in [0.05, 0.1) is 5.39 Å². The van der Waals surface area contributed by atoms with Crippen molar-refractivity contribution in [3.8, 4) is 5.75 Å². The molecule has 0 saturated heterocycles. The van der Waals surface area contributed by atoms with Gasteiger partial charge in [-0.2, -0.15) is 0 Å². The summed E-state index contributed by atoms with van der Waals surface area (Å²) in [7, 11) is 0. The minimum absolute atomic E-state index is 0.0846. The number of aryl methyl sites for hydroxylation is 2. The number of ketones is 1. The topological polar surface area (TPSA) is 56.5 Å². The Morgan fingerprint density at radius 2 is 1.83 bits per heavy atom. The smallest absolute Gasteiger partial charge is 0.336 e. The molecule has 0 aliphatic heterocycles. The summed E-state index contributed by atoms with van der Waals surface area (Å²) >= 11 is 3.34. The number of carbonyl (C=O) groups is 1. The fourth-order valence-corrected chi connectivity index (χ4v) is 2.82. The van der Waals surface area contributed by atoms with Crippen LogP contribution in [-0.4, -0.2) is 12.4 Å². The van der Waals surface area contributed by atoms with Gasteiger partial charge in [0.25, 0.3) is 0 Å². The Morgan fingerprint density at radius 3 is 2.54 bits per heavy atom. The second-order valence-electron chi connectivity index (χ2n) is 5.60. The molecule has 0 N–H and O–H groups in total. The maximum atomic E-state index is 12.3. The maximum absolute atomic E-state index is 12.3. The maximum Gasteiger partial charge on any atom is 0.336 e. The molecular weight excluding hydrogens is 372 g/mol. The SMILES string of the molecule is Cc1cc(OCC(=O)c2ccc(Br)cc2)c2c(C)cc(=O)oc2c1. The number of ether oxygens (including phenoxy) is 1. The Balaban J connectivity index is 1.91. The molecule has 0 unspecified atom stereocenters. The summed E-state index contributed by atoms with van der Waals surface area (Å²) in [5.41, 5.74) is 2.29. The zero-order valence-electron chi connectivity index (χ0n) is 13.3. The van der Waals surface area contributed by atoms with E-state index in [2.05, 4.69) is 15.9 Å². The quantitative estimate of drug-likeness (QED) is 0.491. The highest BCUT2D eigenvalue weighted by atomic mass is 79.9. The van der Waals surface area contributed by atoms with E-state index in [4.69, 9.17) is 9.15 Å². The van der Waals surface area contributed by atoms with Crippen LogP contribution >= 0.6 is 15.9 Å². The number of hydrogen-bond donors (Lipinski definition) is 0. The molecule has 0 amide bonds. The molecule has 0 saturated carbocycles. The molecule has 1 aromatic heterocycles. The Bertz CT molecular complexity index is 971. The number of fused-ring (bicyclic) bond motifs is 1. The van der Waals surface area contributed by atoms with Gasteiger partial charge in [-0.05, 0) is 49.2 Å². The standard InChI is InChI=1S/C19H15BrO4/c1-11-7-16(19-12(2)9-18(22)24-17(19)8-11)23-10-15(21)13-3-5-14(20)6-4-13/h3-9H,10H2,1-2H3. The van der Waals surface area contributed by atoms with Gasteiger partial charge in [-0.15, -0.1) is 0 Å². The molecule has 122 valence electrons. The van der Waals surface area contributed by atoms with Crippen LogP contribution in [0, 0.1) is 13.8 Å². The van der Waals surface area contributed by atoms with E-state index < -0.39 is 5.63 Å². The molecule has 0 spiro atoms. The Morgan fingerprint density at radius 1 is 1.12 bits per heavy atom. The van der Waals surface area contributed by atoms with E-state index in [0.717, 1.165) is 15.6 Å². The Hall–Kier alpha value is -2.40. The van der Waals surface area contributed by atoms with E-state index in [-0.39, 0.29) is 12.4 Å². The number of carbonyl (C=O) groups excluding carboxylic acids is 1. The van der Waals surface area contributed by atoms with Gasteiger partial charge in [-0.3, -0.25) is 4.79 Å². The molecule has 4 nitrogen and oxygen atoms in total. The average molecular weight is 387 g/mol. The lowest BCUT2D eigenvalue weighted by molar-refractivity contribution is 0.0922. The first kappa shape index (κ1) is 16.5. The number of benzene rings is 2. The van der Waals surface area contributed by atoms with E-state index >= 15 is 0 Å². The van der Waals surface area contributed by atoms with Crippen molar-refractivity contribution in [1.29, 1.82) is 0 Å². The van der Waals surface area contributed by atoms with E-state index in [1.54, 1.807) is 18.2 Å². The molecular formula is C19H15BrO4. The monoisotopic (exact) mass is 386 g/mol. The van der Waals surface area contributed by atoms with Gasteiger partial charge in [0.1, 0.15) is 11.3 Å². The van der Waals surface area contributed by atoms with Crippen LogP contribution in [0.3, 0.4) is 0 Å². The Labute approximate surface area is 147 Å².